The lowest BCUT2D eigenvalue weighted by Gasteiger charge is -2.02. The molecule has 0 bridgehead atoms. The fourth-order valence-electron chi connectivity index (χ4n) is 2.49. The first-order valence-corrected chi connectivity index (χ1v) is 8.44. The largest absolute Gasteiger partial charge is 0.344 e. The van der Waals surface area contributed by atoms with Crippen molar-refractivity contribution >= 4 is 5.91 Å². The Morgan fingerprint density at radius 2 is 2.04 bits per heavy atom. The van der Waals surface area contributed by atoms with E-state index in [2.05, 4.69) is 25.8 Å². The summed E-state index contributed by atoms with van der Waals surface area (Å²) in [5, 5.41) is 14.3. The summed E-state index contributed by atoms with van der Waals surface area (Å²) in [6, 6.07) is 13.7. The van der Waals surface area contributed by atoms with Gasteiger partial charge in [-0.25, -0.2) is 9.07 Å². The molecule has 0 spiro atoms. The van der Waals surface area contributed by atoms with E-state index in [9.17, 15) is 9.18 Å². The highest BCUT2D eigenvalue weighted by atomic mass is 19.1. The minimum Gasteiger partial charge on any atom is -0.344 e. The molecule has 0 aliphatic carbocycles. The van der Waals surface area contributed by atoms with Crippen molar-refractivity contribution in [2.45, 2.75) is 13.5 Å². The Kier molecular flexibility index (Phi) is 4.63. The van der Waals surface area contributed by atoms with E-state index in [1.54, 1.807) is 12.1 Å². The number of carbonyl (C=O) groups excluding carboxylic acids is 1. The molecule has 0 aliphatic rings. The summed E-state index contributed by atoms with van der Waals surface area (Å²) in [4.78, 5) is 16.3. The number of hydrogen-bond donors (Lipinski definition) is 1. The number of halogens is 1. The van der Waals surface area contributed by atoms with Crippen molar-refractivity contribution in [1.29, 1.82) is 0 Å². The summed E-state index contributed by atoms with van der Waals surface area (Å²) in [6.07, 6.45) is 1.52. The SMILES string of the molecule is Cc1ccc(CNC(=O)c2nc(-c3cn(-c4cccc(F)c4)nn3)no2)cc1. The maximum Gasteiger partial charge on any atom is 0.316 e. The Bertz CT molecular complexity index is 1120. The van der Waals surface area contributed by atoms with Crippen molar-refractivity contribution in [2.75, 3.05) is 0 Å². The topological polar surface area (TPSA) is 98.7 Å². The molecule has 8 nitrogen and oxygen atoms in total. The predicted molar refractivity (Wildman–Crippen MR) is 97.0 cm³/mol. The number of nitrogens with one attached hydrogen (secondary N) is 1. The summed E-state index contributed by atoms with van der Waals surface area (Å²) in [6.45, 7) is 2.33. The third-order valence-electron chi connectivity index (χ3n) is 3.99. The fraction of sp³-hybridized carbons (Fsp3) is 0.105. The van der Waals surface area contributed by atoms with Crippen molar-refractivity contribution in [3.63, 3.8) is 0 Å². The van der Waals surface area contributed by atoms with Gasteiger partial charge in [0, 0.05) is 6.54 Å². The number of aryl methyl sites for hydroxylation is 1. The summed E-state index contributed by atoms with van der Waals surface area (Å²) >= 11 is 0. The molecule has 2 heterocycles. The third-order valence-corrected chi connectivity index (χ3v) is 3.99. The molecule has 4 rings (SSSR count). The molecule has 9 heteroatoms. The summed E-state index contributed by atoms with van der Waals surface area (Å²) in [5.74, 6) is -0.941. The zero-order valence-corrected chi connectivity index (χ0v) is 14.8. The molecule has 140 valence electrons. The number of aromatic nitrogens is 5. The second kappa shape index (κ2) is 7.39. The number of nitrogens with zero attached hydrogens (tertiary/aromatic N) is 5. The zero-order chi connectivity index (χ0) is 19.5. The molecule has 0 radical (unpaired) electrons. The van der Waals surface area contributed by atoms with Crippen LogP contribution in [0.4, 0.5) is 4.39 Å². The van der Waals surface area contributed by atoms with Crippen LogP contribution in [-0.4, -0.2) is 31.0 Å². The van der Waals surface area contributed by atoms with Crippen LogP contribution < -0.4 is 5.32 Å². The number of hydrogen-bond acceptors (Lipinski definition) is 6. The van der Waals surface area contributed by atoms with Crippen LogP contribution in [0.1, 0.15) is 21.8 Å². The van der Waals surface area contributed by atoms with Crippen molar-refractivity contribution in [1.82, 2.24) is 30.5 Å². The Balaban J connectivity index is 1.45. The van der Waals surface area contributed by atoms with Crippen molar-refractivity contribution in [3.8, 4) is 17.2 Å². The lowest BCUT2D eigenvalue weighted by molar-refractivity contribution is 0.0907. The predicted octanol–water partition coefficient (Wildman–Crippen LogP) is 2.69. The summed E-state index contributed by atoms with van der Waals surface area (Å²) in [5.41, 5.74) is 2.89. The quantitative estimate of drug-likeness (QED) is 0.573. The molecule has 0 atom stereocenters. The highest BCUT2D eigenvalue weighted by molar-refractivity contribution is 5.89. The van der Waals surface area contributed by atoms with E-state index in [-0.39, 0.29) is 17.5 Å². The van der Waals surface area contributed by atoms with Crippen molar-refractivity contribution in [3.05, 3.63) is 77.6 Å². The van der Waals surface area contributed by atoms with Gasteiger partial charge in [0.05, 0.1) is 11.9 Å². The molecule has 1 amide bonds. The lowest BCUT2D eigenvalue weighted by atomic mass is 10.1. The van der Waals surface area contributed by atoms with E-state index in [1.807, 2.05) is 31.2 Å². The van der Waals surface area contributed by atoms with Gasteiger partial charge < -0.3 is 9.84 Å². The maximum absolute atomic E-state index is 13.3. The van der Waals surface area contributed by atoms with Gasteiger partial charge in [0.1, 0.15) is 5.82 Å². The summed E-state index contributed by atoms with van der Waals surface area (Å²) < 4.78 is 19.7. The highest BCUT2D eigenvalue weighted by Gasteiger charge is 2.18. The van der Waals surface area contributed by atoms with Gasteiger partial charge in [0.15, 0.2) is 5.69 Å². The normalized spacial score (nSPS) is 10.8. The Hall–Kier alpha value is -3.88. The van der Waals surface area contributed by atoms with E-state index in [0.717, 1.165) is 11.1 Å². The van der Waals surface area contributed by atoms with Gasteiger partial charge in [-0.15, -0.1) is 5.10 Å². The average Bonchev–Trinajstić information content (AvgIpc) is 3.37. The average molecular weight is 378 g/mol. The van der Waals surface area contributed by atoms with Gasteiger partial charge in [-0.2, -0.15) is 4.98 Å². The third kappa shape index (κ3) is 3.78. The van der Waals surface area contributed by atoms with Crippen LogP contribution in [-0.2, 0) is 6.54 Å². The van der Waals surface area contributed by atoms with Crippen LogP contribution in [0, 0.1) is 12.7 Å². The molecule has 0 saturated carbocycles. The van der Waals surface area contributed by atoms with Gasteiger partial charge in [-0.3, -0.25) is 4.79 Å². The Labute approximate surface area is 159 Å². The molecule has 2 aromatic heterocycles. The van der Waals surface area contributed by atoms with Gasteiger partial charge in [-0.1, -0.05) is 46.3 Å². The van der Waals surface area contributed by atoms with Crippen LogP contribution in [0.5, 0.6) is 0 Å². The van der Waals surface area contributed by atoms with Crippen molar-refractivity contribution < 1.29 is 13.7 Å². The van der Waals surface area contributed by atoms with E-state index in [4.69, 9.17) is 4.52 Å². The molecule has 0 saturated heterocycles. The van der Waals surface area contributed by atoms with Crippen LogP contribution in [0.2, 0.25) is 0 Å². The second-order valence-corrected chi connectivity index (χ2v) is 6.12. The number of benzene rings is 2. The highest BCUT2D eigenvalue weighted by Crippen LogP contribution is 2.15. The molecule has 2 aromatic carbocycles. The molecule has 0 aliphatic heterocycles. The standard InChI is InChI=1S/C19H15FN6O2/c1-12-5-7-13(8-6-12)10-21-18(27)19-22-17(24-28-19)16-11-26(25-23-16)15-4-2-3-14(20)9-15/h2-9,11H,10H2,1H3,(H,21,27). The molecular formula is C19H15FN6O2. The molecule has 0 unspecified atom stereocenters. The maximum atomic E-state index is 13.3. The Morgan fingerprint density at radius 3 is 2.82 bits per heavy atom. The van der Waals surface area contributed by atoms with Gasteiger partial charge in [0.25, 0.3) is 0 Å². The molecule has 28 heavy (non-hydrogen) atoms. The van der Waals surface area contributed by atoms with Crippen LogP contribution >= 0.6 is 0 Å². The first-order valence-electron chi connectivity index (χ1n) is 8.44. The van der Waals surface area contributed by atoms with Gasteiger partial charge >= 0.3 is 11.8 Å². The monoisotopic (exact) mass is 378 g/mol. The van der Waals surface area contributed by atoms with Crippen LogP contribution in [0.15, 0.2) is 59.3 Å². The van der Waals surface area contributed by atoms with Crippen LogP contribution in [0.3, 0.4) is 0 Å². The van der Waals surface area contributed by atoms with Gasteiger partial charge in [0.2, 0.25) is 5.82 Å². The van der Waals surface area contributed by atoms with E-state index in [0.29, 0.717) is 17.9 Å². The Morgan fingerprint density at radius 1 is 1.21 bits per heavy atom. The summed E-state index contributed by atoms with van der Waals surface area (Å²) in [7, 11) is 0. The second-order valence-electron chi connectivity index (χ2n) is 6.12. The fourth-order valence-corrected chi connectivity index (χ4v) is 2.49. The number of carbonyl (C=O) groups is 1. The van der Waals surface area contributed by atoms with Gasteiger partial charge in [-0.05, 0) is 30.7 Å². The number of rotatable bonds is 5. The molecule has 4 aromatic rings. The first kappa shape index (κ1) is 17.5. The molecule has 0 fully saturated rings. The first-order chi connectivity index (χ1) is 13.6. The van der Waals surface area contributed by atoms with Crippen molar-refractivity contribution in [2.24, 2.45) is 0 Å². The lowest BCUT2D eigenvalue weighted by Crippen LogP contribution is -2.23. The molecule has 1 N–H and O–H groups in total. The van der Waals surface area contributed by atoms with E-state index >= 15 is 0 Å². The zero-order valence-electron chi connectivity index (χ0n) is 14.8. The smallest absolute Gasteiger partial charge is 0.316 e. The van der Waals surface area contributed by atoms with E-state index in [1.165, 1.54) is 23.0 Å². The minimum absolute atomic E-state index is 0.114. The van der Waals surface area contributed by atoms with Crippen LogP contribution in [0.25, 0.3) is 17.2 Å². The number of amides is 1. The molecular weight excluding hydrogens is 363 g/mol. The van der Waals surface area contributed by atoms with E-state index < -0.39 is 5.91 Å². The minimum atomic E-state index is -0.489.